The number of esters is 2. The number of carbonyl (C=O) groups excluding carboxylic acids is 2. The fourth-order valence-electron chi connectivity index (χ4n) is 1.20. The molecule has 1 aromatic carbocycles. The van der Waals surface area contributed by atoms with Gasteiger partial charge in [-0.15, -0.1) is 0 Å². The van der Waals surface area contributed by atoms with Gasteiger partial charge in [0.15, 0.2) is 0 Å². The molecule has 0 saturated heterocycles. The Morgan fingerprint density at radius 2 is 2.00 bits per heavy atom. The zero-order valence-electron chi connectivity index (χ0n) is 9.37. The first-order chi connectivity index (χ1) is 7.58. The lowest BCUT2D eigenvalue weighted by Gasteiger charge is -2.09. The fourth-order valence-corrected chi connectivity index (χ4v) is 1.20. The zero-order valence-corrected chi connectivity index (χ0v) is 9.37. The maximum Gasteiger partial charge on any atom is 0.341 e. The molecule has 5 heteroatoms. The number of nitrogens with one attached hydrogen (secondary N) is 1. The van der Waals surface area contributed by atoms with Gasteiger partial charge in [0, 0.05) is 19.7 Å². The molecule has 1 N–H and O–H groups in total. The van der Waals surface area contributed by atoms with Crippen LogP contribution in [-0.4, -0.2) is 26.1 Å². The van der Waals surface area contributed by atoms with Gasteiger partial charge in [-0.05, 0) is 18.2 Å². The molecule has 0 unspecified atom stereocenters. The smallest absolute Gasteiger partial charge is 0.341 e. The van der Waals surface area contributed by atoms with Crippen molar-refractivity contribution in [3.8, 4) is 5.75 Å². The van der Waals surface area contributed by atoms with Crippen LogP contribution >= 0.6 is 0 Å². The average Bonchev–Trinajstić information content (AvgIpc) is 2.28. The first-order valence-electron chi connectivity index (χ1n) is 4.67. The van der Waals surface area contributed by atoms with Crippen molar-refractivity contribution in [1.29, 1.82) is 0 Å². The van der Waals surface area contributed by atoms with Crippen molar-refractivity contribution in [1.82, 2.24) is 0 Å². The standard InChI is InChI=1S/C11H13NO4/c1-7(13)16-10-5-4-8(12-2)6-9(10)11(14)15-3/h4-6,12H,1-3H3. The lowest BCUT2D eigenvalue weighted by atomic mass is 10.2. The molecule has 0 saturated carbocycles. The summed E-state index contributed by atoms with van der Waals surface area (Å²) < 4.78 is 9.50. The number of methoxy groups -OCH3 is 1. The molecule has 0 aliphatic heterocycles. The normalized spacial score (nSPS) is 9.44. The molecular weight excluding hydrogens is 210 g/mol. The predicted molar refractivity (Wildman–Crippen MR) is 58.6 cm³/mol. The topological polar surface area (TPSA) is 64.6 Å². The third-order valence-corrected chi connectivity index (χ3v) is 1.93. The van der Waals surface area contributed by atoms with Crippen molar-refractivity contribution in [2.24, 2.45) is 0 Å². The maximum atomic E-state index is 11.4. The second kappa shape index (κ2) is 5.16. The van der Waals surface area contributed by atoms with Gasteiger partial charge in [-0.2, -0.15) is 0 Å². The third kappa shape index (κ3) is 2.73. The Morgan fingerprint density at radius 3 is 2.50 bits per heavy atom. The highest BCUT2D eigenvalue weighted by Gasteiger charge is 2.15. The quantitative estimate of drug-likeness (QED) is 0.620. The van der Waals surface area contributed by atoms with Crippen molar-refractivity contribution in [3.63, 3.8) is 0 Å². The largest absolute Gasteiger partial charge is 0.465 e. The second-order valence-electron chi connectivity index (χ2n) is 3.05. The minimum absolute atomic E-state index is 0.193. The number of ether oxygens (including phenoxy) is 2. The van der Waals surface area contributed by atoms with E-state index in [4.69, 9.17) is 4.74 Å². The van der Waals surface area contributed by atoms with Crippen LogP contribution in [0.1, 0.15) is 17.3 Å². The van der Waals surface area contributed by atoms with Gasteiger partial charge in [-0.25, -0.2) is 4.79 Å². The Morgan fingerprint density at radius 1 is 1.31 bits per heavy atom. The van der Waals surface area contributed by atoms with Crippen LogP contribution in [0.25, 0.3) is 0 Å². The van der Waals surface area contributed by atoms with Gasteiger partial charge in [-0.3, -0.25) is 4.79 Å². The van der Waals surface area contributed by atoms with Crippen LogP contribution in [0.15, 0.2) is 18.2 Å². The van der Waals surface area contributed by atoms with Crippen LogP contribution < -0.4 is 10.1 Å². The minimum Gasteiger partial charge on any atom is -0.465 e. The Kier molecular flexibility index (Phi) is 3.88. The third-order valence-electron chi connectivity index (χ3n) is 1.93. The summed E-state index contributed by atoms with van der Waals surface area (Å²) in [6, 6.07) is 4.80. The van der Waals surface area contributed by atoms with Gasteiger partial charge in [0.1, 0.15) is 11.3 Å². The summed E-state index contributed by atoms with van der Waals surface area (Å²) in [5, 5.41) is 2.88. The molecule has 0 spiro atoms. The maximum absolute atomic E-state index is 11.4. The molecule has 5 nitrogen and oxygen atoms in total. The van der Waals surface area contributed by atoms with E-state index in [1.807, 2.05) is 0 Å². The molecule has 0 amide bonds. The van der Waals surface area contributed by atoms with Gasteiger partial charge in [0.2, 0.25) is 0 Å². The van der Waals surface area contributed by atoms with E-state index >= 15 is 0 Å². The van der Waals surface area contributed by atoms with E-state index in [0.29, 0.717) is 0 Å². The van der Waals surface area contributed by atoms with E-state index in [1.165, 1.54) is 14.0 Å². The van der Waals surface area contributed by atoms with Crippen LogP contribution in [0, 0.1) is 0 Å². The molecule has 0 radical (unpaired) electrons. The van der Waals surface area contributed by atoms with E-state index in [2.05, 4.69) is 10.1 Å². The van der Waals surface area contributed by atoms with Gasteiger partial charge < -0.3 is 14.8 Å². The van der Waals surface area contributed by atoms with Crippen LogP contribution in [-0.2, 0) is 9.53 Å². The lowest BCUT2D eigenvalue weighted by Crippen LogP contribution is -2.09. The summed E-state index contributed by atoms with van der Waals surface area (Å²) in [6.45, 7) is 1.27. The molecule has 0 aliphatic carbocycles. The van der Waals surface area contributed by atoms with Crippen LogP contribution in [0.5, 0.6) is 5.75 Å². The molecule has 0 bridgehead atoms. The van der Waals surface area contributed by atoms with Crippen LogP contribution in [0.2, 0.25) is 0 Å². The highest BCUT2D eigenvalue weighted by Crippen LogP contribution is 2.23. The molecule has 0 heterocycles. The summed E-state index contributed by atoms with van der Waals surface area (Å²) in [5.41, 5.74) is 0.945. The van der Waals surface area contributed by atoms with Gasteiger partial charge in [-0.1, -0.05) is 0 Å². The number of benzene rings is 1. The van der Waals surface area contributed by atoms with Crippen molar-refractivity contribution in [2.45, 2.75) is 6.92 Å². The van der Waals surface area contributed by atoms with E-state index in [1.54, 1.807) is 25.2 Å². The van der Waals surface area contributed by atoms with E-state index < -0.39 is 11.9 Å². The summed E-state index contributed by atoms with van der Waals surface area (Å²) >= 11 is 0. The van der Waals surface area contributed by atoms with Crippen LogP contribution in [0.3, 0.4) is 0 Å². The first kappa shape index (κ1) is 12.0. The molecule has 86 valence electrons. The fraction of sp³-hybridized carbons (Fsp3) is 0.273. The molecule has 0 fully saturated rings. The Bertz CT molecular complexity index is 414. The SMILES string of the molecule is CNc1ccc(OC(C)=O)c(C(=O)OC)c1. The average molecular weight is 223 g/mol. The minimum atomic E-state index is -0.548. The second-order valence-corrected chi connectivity index (χ2v) is 3.05. The van der Waals surface area contributed by atoms with E-state index in [0.717, 1.165) is 5.69 Å². The molecule has 0 atom stereocenters. The molecule has 1 rings (SSSR count). The summed E-state index contributed by atoms with van der Waals surface area (Å²) in [7, 11) is 2.99. The highest BCUT2D eigenvalue weighted by molar-refractivity contribution is 5.94. The Labute approximate surface area is 93.4 Å². The van der Waals surface area contributed by atoms with Crippen molar-refractivity contribution in [2.75, 3.05) is 19.5 Å². The highest BCUT2D eigenvalue weighted by atomic mass is 16.5. The van der Waals surface area contributed by atoms with Gasteiger partial charge >= 0.3 is 11.9 Å². The molecule has 1 aromatic rings. The molecular formula is C11H13NO4. The number of hydrogen-bond acceptors (Lipinski definition) is 5. The number of rotatable bonds is 3. The number of carbonyl (C=O) groups is 2. The molecule has 0 aliphatic rings. The van der Waals surface area contributed by atoms with Gasteiger partial charge in [0.05, 0.1) is 7.11 Å². The summed E-state index contributed by atoms with van der Waals surface area (Å²) in [4.78, 5) is 22.3. The van der Waals surface area contributed by atoms with Gasteiger partial charge in [0.25, 0.3) is 0 Å². The monoisotopic (exact) mass is 223 g/mol. The summed E-state index contributed by atoms with van der Waals surface area (Å²) in [6.07, 6.45) is 0. The van der Waals surface area contributed by atoms with Crippen LogP contribution in [0.4, 0.5) is 5.69 Å². The Hall–Kier alpha value is -2.04. The Balaban J connectivity index is 3.15. The zero-order chi connectivity index (χ0) is 12.1. The van der Waals surface area contributed by atoms with E-state index in [9.17, 15) is 9.59 Å². The van der Waals surface area contributed by atoms with E-state index in [-0.39, 0.29) is 11.3 Å². The predicted octanol–water partition coefficient (Wildman–Crippen LogP) is 1.44. The molecule has 16 heavy (non-hydrogen) atoms. The van der Waals surface area contributed by atoms with Crippen molar-refractivity contribution < 1.29 is 19.1 Å². The first-order valence-corrected chi connectivity index (χ1v) is 4.67. The van der Waals surface area contributed by atoms with Crippen molar-refractivity contribution >= 4 is 17.6 Å². The summed E-state index contributed by atoms with van der Waals surface area (Å²) in [5.74, 6) is -0.839. The van der Waals surface area contributed by atoms with Crippen molar-refractivity contribution in [3.05, 3.63) is 23.8 Å². The lowest BCUT2D eigenvalue weighted by molar-refractivity contribution is -0.131. The number of anilines is 1. The molecule has 0 aromatic heterocycles. The number of hydrogen-bond donors (Lipinski definition) is 1.